The summed E-state index contributed by atoms with van der Waals surface area (Å²) in [6.07, 6.45) is 0. The van der Waals surface area contributed by atoms with Crippen molar-refractivity contribution >= 4 is 45.9 Å². The van der Waals surface area contributed by atoms with Crippen molar-refractivity contribution in [1.29, 1.82) is 0 Å². The van der Waals surface area contributed by atoms with Crippen molar-refractivity contribution in [3.63, 3.8) is 0 Å². The highest BCUT2D eigenvalue weighted by Gasteiger charge is 2.29. The van der Waals surface area contributed by atoms with Crippen LogP contribution in [0.3, 0.4) is 0 Å². The molecular formula is C9H7Cl3N2O. The van der Waals surface area contributed by atoms with Gasteiger partial charge in [-0.05, 0) is 17.7 Å². The van der Waals surface area contributed by atoms with Gasteiger partial charge in [0.1, 0.15) is 5.52 Å². The minimum atomic E-state index is -1.64. The number of hydrogen-bond donors (Lipinski definition) is 1. The molecule has 0 bridgehead atoms. The second kappa shape index (κ2) is 3.83. The van der Waals surface area contributed by atoms with Gasteiger partial charge < -0.3 is 10.2 Å². The summed E-state index contributed by atoms with van der Waals surface area (Å²) in [6, 6.07) is 5.41. The number of alkyl halides is 3. The molecule has 2 N–H and O–H groups in total. The average Bonchev–Trinajstić information content (AvgIpc) is 2.59. The zero-order chi connectivity index (χ0) is 11.1. The summed E-state index contributed by atoms with van der Waals surface area (Å²) < 4.78 is 3.68. The Hall–Kier alpha value is -0.480. The summed E-state index contributed by atoms with van der Waals surface area (Å²) in [7, 11) is 0. The Morgan fingerprint density at radius 3 is 2.67 bits per heavy atom. The third kappa shape index (κ3) is 2.21. The number of nitrogens with two attached hydrogens (primary N) is 1. The standard InChI is InChI=1S/C9H7Cl3N2O/c10-9(11,12)8-14-6-2-1-5(4-13)3-7(6)15-8/h1-3H,4,13H2. The number of fused-ring (bicyclic) bond motifs is 1. The van der Waals surface area contributed by atoms with Crippen molar-refractivity contribution in [1.82, 2.24) is 4.98 Å². The van der Waals surface area contributed by atoms with Crippen LogP contribution in [0.2, 0.25) is 0 Å². The number of oxazole rings is 1. The third-order valence-electron chi connectivity index (χ3n) is 1.93. The Kier molecular flexibility index (Phi) is 2.81. The van der Waals surface area contributed by atoms with E-state index < -0.39 is 3.79 Å². The first-order chi connectivity index (χ1) is 7.00. The summed E-state index contributed by atoms with van der Waals surface area (Å²) >= 11 is 17.0. The maximum absolute atomic E-state index is 5.65. The molecule has 0 fully saturated rings. The summed E-state index contributed by atoms with van der Waals surface area (Å²) in [5.41, 5.74) is 7.65. The van der Waals surface area contributed by atoms with E-state index >= 15 is 0 Å². The normalized spacial score (nSPS) is 12.3. The van der Waals surface area contributed by atoms with Crippen molar-refractivity contribution in [3.8, 4) is 0 Å². The molecule has 3 nitrogen and oxygen atoms in total. The van der Waals surface area contributed by atoms with Crippen LogP contribution >= 0.6 is 34.8 Å². The smallest absolute Gasteiger partial charge is 0.266 e. The van der Waals surface area contributed by atoms with Gasteiger partial charge in [-0.3, -0.25) is 0 Å². The first kappa shape index (κ1) is 11.0. The Labute approximate surface area is 101 Å². The molecule has 0 amide bonds. The second-order valence-corrected chi connectivity index (χ2v) is 5.30. The van der Waals surface area contributed by atoms with Crippen LogP contribution in [-0.2, 0) is 10.3 Å². The Bertz CT molecular complexity index is 490. The highest BCUT2D eigenvalue weighted by molar-refractivity contribution is 6.66. The Morgan fingerprint density at radius 1 is 1.33 bits per heavy atom. The molecule has 0 spiro atoms. The van der Waals surface area contributed by atoms with E-state index in [-0.39, 0.29) is 5.89 Å². The molecule has 0 atom stereocenters. The van der Waals surface area contributed by atoms with Crippen LogP contribution in [0.15, 0.2) is 22.6 Å². The van der Waals surface area contributed by atoms with Gasteiger partial charge >= 0.3 is 0 Å². The van der Waals surface area contributed by atoms with Crippen LogP contribution in [0, 0.1) is 0 Å². The number of nitrogens with zero attached hydrogens (tertiary/aromatic N) is 1. The summed E-state index contributed by atoms with van der Waals surface area (Å²) in [5.74, 6) is 0.0664. The lowest BCUT2D eigenvalue weighted by Crippen LogP contribution is -1.99. The fourth-order valence-electron chi connectivity index (χ4n) is 1.22. The highest BCUT2D eigenvalue weighted by atomic mass is 35.6. The topological polar surface area (TPSA) is 52.0 Å². The van der Waals surface area contributed by atoms with E-state index in [9.17, 15) is 0 Å². The summed E-state index contributed by atoms with van der Waals surface area (Å²) in [4.78, 5) is 4.06. The molecule has 6 heteroatoms. The second-order valence-electron chi connectivity index (χ2n) is 3.02. The first-order valence-corrected chi connectivity index (χ1v) is 5.31. The quantitative estimate of drug-likeness (QED) is 0.806. The van der Waals surface area contributed by atoms with Gasteiger partial charge in [0.25, 0.3) is 3.79 Å². The first-order valence-electron chi connectivity index (χ1n) is 4.17. The molecule has 0 saturated carbocycles. The van der Waals surface area contributed by atoms with Gasteiger partial charge in [0, 0.05) is 6.54 Å². The molecule has 0 aliphatic heterocycles. The molecule has 1 aromatic heterocycles. The van der Waals surface area contributed by atoms with Gasteiger partial charge in [-0.15, -0.1) is 0 Å². The molecule has 2 rings (SSSR count). The maximum Gasteiger partial charge on any atom is 0.266 e. The van der Waals surface area contributed by atoms with Crippen LogP contribution in [0.4, 0.5) is 0 Å². The molecule has 2 aromatic rings. The van der Waals surface area contributed by atoms with Crippen LogP contribution in [0.5, 0.6) is 0 Å². The SMILES string of the molecule is NCc1ccc2nc(C(Cl)(Cl)Cl)oc2c1. The van der Waals surface area contributed by atoms with Gasteiger partial charge in [0.15, 0.2) is 5.58 Å². The van der Waals surface area contributed by atoms with E-state index in [1.54, 1.807) is 12.1 Å². The average molecular weight is 266 g/mol. The molecule has 80 valence electrons. The lowest BCUT2D eigenvalue weighted by molar-refractivity contribution is 0.540. The minimum absolute atomic E-state index is 0.0664. The summed E-state index contributed by atoms with van der Waals surface area (Å²) in [6.45, 7) is 0.430. The number of rotatable bonds is 1. The maximum atomic E-state index is 5.65. The van der Waals surface area contributed by atoms with E-state index in [4.69, 9.17) is 45.0 Å². The molecule has 0 unspecified atom stereocenters. The third-order valence-corrected chi connectivity index (χ3v) is 2.42. The number of halogens is 3. The molecule has 0 aliphatic rings. The predicted octanol–water partition coefficient (Wildman–Crippen LogP) is 3.11. The van der Waals surface area contributed by atoms with E-state index in [0.717, 1.165) is 5.56 Å². The van der Waals surface area contributed by atoms with Gasteiger partial charge in [0.05, 0.1) is 0 Å². The monoisotopic (exact) mass is 264 g/mol. The number of hydrogen-bond acceptors (Lipinski definition) is 3. The van der Waals surface area contributed by atoms with Crippen molar-refractivity contribution in [2.45, 2.75) is 10.3 Å². The number of benzene rings is 1. The molecule has 0 radical (unpaired) electrons. The largest absolute Gasteiger partial charge is 0.436 e. The zero-order valence-corrected chi connectivity index (χ0v) is 9.77. The van der Waals surface area contributed by atoms with Gasteiger partial charge in [0.2, 0.25) is 5.89 Å². The molecule has 1 heterocycles. The van der Waals surface area contributed by atoms with Crippen molar-refractivity contribution < 1.29 is 4.42 Å². The fraction of sp³-hybridized carbons (Fsp3) is 0.222. The van der Waals surface area contributed by atoms with Gasteiger partial charge in [-0.25, -0.2) is 4.98 Å². The Morgan fingerprint density at radius 2 is 2.07 bits per heavy atom. The van der Waals surface area contributed by atoms with Crippen molar-refractivity contribution in [2.75, 3.05) is 0 Å². The van der Waals surface area contributed by atoms with E-state index in [1.165, 1.54) is 0 Å². The zero-order valence-electron chi connectivity index (χ0n) is 7.51. The Balaban J connectivity index is 2.56. The predicted molar refractivity (Wildman–Crippen MR) is 61.1 cm³/mol. The van der Waals surface area contributed by atoms with Crippen molar-refractivity contribution in [3.05, 3.63) is 29.7 Å². The van der Waals surface area contributed by atoms with Crippen LogP contribution in [0.1, 0.15) is 11.5 Å². The van der Waals surface area contributed by atoms with Crippen molar-refractivity contribution in [2.24, 2.45) is 5.73 Å². The van der Waals surface area contributed by atoms with Gasteiger partial charge in [-0.2, -0.15) is 0 Å². The van der Waals surface area contributed by atoms with Crippen LogP contribution in [0.25, 0.3) is 11.1 Å². The lowest BCUT2D eigenvalue weighted by Gasteiger charge is -2.02. The summed E-state index contributed by atoms with van der Waals surface area (Å²) in [5, 5.41) is 0. The molecule has 0 saturated heterocycles. The molecular weight excluding hydrogens is 258 g/mol. The minimum Gasteiger partial charge on any atom is -0.436 e. The van der Waals surface area contributed by atoms with E-state index in [0.29, 0.717) is 17.6 Å². The fourth-order valence-corrected chi connectivity index (χ4v) is 1.46. The van der Waals surface area contributed by atoms with Crippen LogP contribution < -0.4 is 5.73 Å². The highest BCUT2D eigenvalue weighted by Crippen LogP contribution is 2.38. The lowest BCUT2D eigenvalue weighted by atomic mass is 10.2. The molecule has 0 aliphatic carbocycles. The van der Waals surface area contributed by atoms with E-state index in [1.807, 2.05) is 6.07 Å². The van der Waals surface area contributed by atoms with E-state index in [2.05, 4.69) is 4.98 Å². The molecule has 1 aromatic carbocycles. The molecule has 15 heavy (non-hydrogen) atoms. The van der Waals surface area contributed by atoms with Gasteiger partial charge in [-0.1, -0.05) is 40.9 Å². The number of aromatic nitrogens is 1. The van der Waals surface area contributed by atoms with Crippen LogP contribution in [-0.4, -0.2) is 4.98 Å².